The molecule has 0 aliphatic carbocycles. The SMILES string of the molecule is CC(C)CCCCNC(=O)c1cccc(C#CCCO)c1. The van der Waals surface area contributed by atoms with Crippen LogP contribution < -0.4 is 5.32 Å². The second-order valence-electron chi connectivity index (χ2n) is 5.50. The summed E-state index contributed by atoms with van der Waals surface area (Å²) in [6.07, 6.45) is 3.81. The number of amides is 1. The van der Waals surface area contributed by atoms with Crippen LogP contribution in [-0.2, 0) is 0 Å². The second-order valence-corrected chi connectivity index (χ2v) is 5.50. The van der Waals surface area contributed by atoms with Gasteiger partial charge in [0.1, 0.15) is 0 Å². The van der Waals surface area contributed by atoms with E-state index in [1.54, 1.807) is 12.1 Å². The smallest absolute Gasteiger partial charge is 0.251 e. The largest absolute Gasteiger partial charge is 0.395 e. The molecule has 2 N–H and O–H groups in total. The van der Waals surface area contributed by atoms with Gasteiger partial charge in [0.25, 0.3) is 5.91 Å². The highest BCUT2D eigenvalue weighted by atomic mass is 16.2. The Morgan fingerprint density at radius 1 is 1.33 bits per heavy atom. The van der Waals surface area contributed by atoms with Crippen LogP contribution in [0.15, 0.2) is 24.3 Å². The molecule has 0 unspecified atom stereocenters. The molecular formula is C18H25NO2. The molecule has 3 heteroatoms. The van der Waals surface area contributed by atoms with Crippen molar-refractivity contribution in [1.82, 2.24) is 5.32 Å². The van der Waals surface area contributed by atoms with Crippen LogP contribution in [0.4, 0.5) is 0 Å². The fraction of sp³-hybridized carbons (Fsp3) is 0.500. The first-order valence-electron chi connectivity index (χ1n) is 7.61. The Labute approximate surface area is 127 Å². The van der Waals surface area contributed by atoms with Crippen molar-refractivity contribution in [3.63, 3.8) is 0 Å². The summed E-state index contributed by atoms with van der Waals surface area (Å²) in [7, 11) is 0. The molecule has 0 radical (unpaired) electrons. The van der Waals surface area contributed by atoms with Crippen LogP contribution >= 0.6 is 0 Å². The molecule has 0 fully saturated rings. The van der Waals surface area contributed by atoms with Gasteiger partial charge in [-0.1, -0.05) is 44.6 Å². The molecule has 1 aromatic carbocycles. The van der Waals surface area contributed by atoms with Gasteiger partial charge in [-0.25, -0.2) is 0 Å². The topological polar surface area (TPSA) is 49.3 Å². The number of hydrogen-bond acceptors (Lipinski definition) is 2. The zero-order valence-corrected chi connectivity index (χ0v) is 13.0. The maximum atomic E-state index is 12.0. The van der Waals surface area contributed by atoms with E-state index in [1.807, 2.05) is 12.1 Å². The van der Waals surface area contributed by atoms with Crippen LogP contribution in [0.1, 0.15) is 55.5 Å². The van der Waals surface area contributed by atoms with Crippen LogP contribution in [0.5, 0.6) is 0 Å². The fourth-order valence-electron chi connectivity index (χ4n) is 1.94. The minimum absolute atomic E-state index is 0.0506. The number of aliphatic hydroxyl groups is 1. The fourth-order valence-corrected chi connectivity index (χ4v) is 1.94. The average molecular weight is 287 g/mol. The maximum absolute atomic E-state index is 12.0. The first kappa shape index (κ1) is 17.3. The number of nitrogens with one attached hydrogen (secondary N) is 1. The molecule has 0 atom stereocenters. The average Bonchev–Trinajstić information content (AvgIpc) is 2.47. The molecule has 0 aromatic heterocycles. The molecule has 0 aliphatic rings. The quantitative estimate of drug-likeness (QED) is 0.598. The maximum Gasteiger partial charge on any atom is 0.251 e. The number of hydrogen-bond donors (Lipinski definition) is 2. The zero-order chi connectivity index (χ0) is 15.5. The molecule has 1 amide bonds. The van der Waals surface area contributed by atoms with Crippen molar-refractivity contribution >= 4 is 5.91 Å². The lowest BCUT2D eigenvalue weighted by Crippen LogP contribution is -2.24. The number of carbonyl (C=O) groups excluding carboxylic acids is 1. The highest BCUT2D eigenvalue weighted by molar-refractivity contribution is 5.94. The van der Waals surface area contributed by atoms with Crippen molar-refractivity contribution < 1.29 is 9.90 Å². The third-order valence-electron chi connectivity index (χ3n) is 3.09. The van der Waals surface area contributed by atoms with E-state index in [2.05, 4.69) is 31.0 Å². The molecule has 1 aromatic rings. The summed E-state index contributed by atoms with van der Waals surface area (Å²) >= 11 is 0. The summed E-state index contributed by atoms with van der Waals surface area (Å²) in [4.78, 5) is 12.0. The van der Waals surface area contributed by atoms with E-state index in [0.717, 1.165) is 24.3 Å². The van der Waals surface area contributed by atoms with Gasteiger partial charge in [-0.15, -0.1) is 0 Å². The third kappa shape index (κ3) is 7.53. The van der Waals surface area contributed by atoms with E-state index in [9.17, 15) is 4.79 Å². The van der Waals surface area contributed by atoms with E-state index >= 15 is 0 Å². The lowest BCUT2D eigenvalue weighted by Gasteiger charge is -2.07. The van der Waals surface area contributed by atoms with Crippen molar-refractivity contribution in [1.29, 1.82) is 0 Å². The molecule has 21 heavy (non-hydrogen) atoms. The minimum atomic E-state index is -0.0506. The van der Waals surface area contributed by atoms with Gasteiger partial charge < -0.3 is 10.4 Å². The Balaban J connectivity index is 2.44. The van der Waals surface area contributed by atoms with Crippen LogP contribution in [0.2, 0.25) is 0 Å². The van der Waals surface area contributed by atoms with Gasteiger partial charge >= 0.3 is 0 Å². The minimum Gasteiger partial charge on any atom is -0.395 e. The Morgan fingerprint density at radius 3 is 2.86 bits per heavy atom. The summed E-state index contributed by atoms with van der Waals surface area (Å²) in [5.41, 5.74) is 1.44. The van der Waals surface area contributed by atoms with E-state index in [-0.39, 0.29) is 12.5 Å². The van der Waals surface area contributed by atoms with Crippen molar-refractivity contribution in [3.8, 4) is 11.8 Å². The van der Waals surface area contributed by atoms with Crippen LogP contribution in [0.25, 0.3) is 0 Å². The number of benzene rings is 1. The first-order chi connectivity index (χ1) is 10.1. The van der Waals surface area contributed by atoms with Gasteiger partial charge in [-0.05, 0) is 30.5 Å². The predicted octanol–water partition coefficient (Wildman–Crippen LogP) is 2.98. The molecular weight excluding hydrogens is 262 g/mol. The van der Waals surface area contributed by atoms with Crippen molar-refractivity contribution in [2.75, 3.05) is 13.2 Å². The van der Waals surface area contributed by atoms with Gasteiger partial charge in [-0.2, -0.15) is 0 Å². The Bertz CT molecular complexity index is 497. The molecule has 0 saturated carbocycles. The molecule has 0 bridgehead atoms. The highest BCUT2D eigenvalue weighted by Crippen LogP contribution is 2.06. The molecule has 114 valence electrons. The van der Waals surface area contributed by atoms with Gasteiger partial charge in [0.15, 0.2) is 0 Å². The summed E-state index contributed by atoms with van der Waals surface area (Å²) in [6.45, 7) is 5.19. The molecule has 1 rings (SSSR count). The predicted molar refractivity (Wildman–Crippen MR) is 86.0 cm³/mol. The third-order valence-corrected chi connectivity index (χ3v) is 3.09. The van der Waals surface area contributed by atoms with Gasteiger partial charge in [0.05, 0.1) is 6.61 Å². The summed E-state index contributed by atoms with van der Waals surface area (Å²) in [6, 6.07) is 7.27. The normalized spacial score (nSPS) is 10.1. The van der Waals surface area contributed by atoms with E-state index in [0.29, 0.717) is 18.5 Å². The number of rotatable bonds is 7. The van der Waals surface area contributed by atoms with Crippen LogP contribution in [0, 0.1) is 17.8 Å². The number of carbonyl (C=O) groups is 1. The lowest BCUT2D eigenvalue weighted by molar-refractivity contribution is 0.0953. The zero-order valence-electron chi connectivity index (χ0n) is 13.0. The highest BCUT2D eigenvalue weighted by Gasteiger charge is 2.04. The van der Waals surface area contributed by atoms with E-state index in [1.165, 1.54) is 6.42 Å². The lowest BCUT2D eigenvalue weighted by atomic mass is 10.1. The molecule has 3 nitrogen and oxygen atoms in total. The molecule has 0 aliphatic heterocycles. The van der Waals surface area contributed by atoms with Crippen LogP contribution in [0.3, 0.4) is 0 Å². The summed E-state index contributed by atoms with van der Waals surface area (Å²) in [5.74, 6) is 6.46. The second kappa shape index (κ2) is 10.0. The molecule has 0 spiro atoms. The van der Waals surface area contributed by atoms with Crippen LogP contribution in [-0.4, -0.2) is 24.2 Å². The van der Waals surface area contributed by atoms with Crippen molar-refractivity contribution in [2.45, 2.75) is 39.5 Å². The van der Waals surface area contributed by atoms with Gasteiger partial charge in [0, 0.05) is 24.1 Å². The standard InChI is InChI=1S/C18H25NO2/c1-15(2)8-3-5-12-19-18(21)17-11-7-10-16(14-17)9-4-6-13-20/h7,10-11,14-15,20H,3,5-6,8,12-13H2,1-2H3,(H,19,21). The van der Waals surface area contributed by atoms with Gasteiger partial charge in [0.2, 0.25) is 0 Å². The number of unbranched alkanes of at least 4 members (excludes halogenated alkanes) is 1. The van der Waals surface area contributed by atoms with Crippen molar-refractivity contribution in [2.24, 2.45) is 5.92 Å². The van der Waals surface area contributed by atoms with E-state index in [4.69, 9.17) is 5.11 Å². The monoisotopic (exact) mass is 287 g/mol. The molecule has 0 heterocycles. The van der Waals surface area contributed by atoms with Gasteiger partial charge in [-0.3, -0.25) is 4.79 Å². The summed E-state index contributed by atoms with van der Waals surface area (Å²) in [5, 5.41) is 11.6. The Kier molecular flexibility index (Phi) is 8.23. The molecule has 0 saturated heterocycles. The Morgan fingerprint density at radius 2 is 2.14 bits per heavy atom. The summed E-state index contributed by atoms with van der Waals surface area (Å²) < 4.78 is 0. The number of aliphatic hydroxyl groups excluding tert-OH is 1. The first-order valence-corrected chi connectivity index (χ1v) is 7.61. The Hall–Kier alpha value is -1.79. The van der Waals surface area contributed by atoms with E-state index < -0.39 is 0 Å². The van der Waals surface area contributed by atoms with Crippen molar-refractivity contribution in [3.05, 3.63) is 35.4 Å².